The normalized spacial score (nSPS) is 22.4. The van der Waals surface area contributed by atoms with E-state index in [4.69, 9.17) is 4.42 Å². The molecule has 2 amide bonds. The molecule has 1 unspecified atom stereocenters. The first kappa shape index (κ1) is 9.76. The number of carbonyl (C=O) groups is 2. The molecule has 0 N–H and O–H groups in total. The number of carbonyl (C=O) groups excluding carboxylic acids is 2. The summed E-state index contributed by atoms with van der Waals surface area (Å²) in [6.07, 6.45) is 1.56. The third-order valence-corrected chi connectivity index (χ3v) is 2.64. The molecule has 1 atom stereocenters. The molecule has 2 heterocycles. The Balaban J connectivity index is 2.28. The van der Waals surface area contributed by atoms with Gasteiger partial charge in [-0.15, -0.1) is 0 Å². The summed E-state index contributed by atoms with van der Waals surface area (Å²) in [7, 11) is 3.23. The summed E-state index contributed by atoms with van der Waals surface area (Å²) in [6.45, 7) is 0.467. The molecule has 0 saturated carbocycles. The topological polar surface area (TPSA) is 53.8 Å². The van der Waals surface area contributed by atoms with Gasteiger partial charge in [-0.3, -0.25) is 9.59 Å². The van der Waals surface area contributed by atoms with Crippen LogP contribution in [0.25, 0.3) is 0 Å². The molecule has 1 saturated heterocycles. The zero-order valence-corrected chi connectivity index (χ0v) is 8.64. The fourth-order valence-electron chi connectivity index (χ4n) is 1.68. The van der Waals surface area contributed by atoms with Crippen molar-refractivity contribution in [1.29, 1.82) is 0 Å². The van der Waals surface area contributed by atoms with Gasteiger partial charge in [-0.2, -0.15) is 0 Å². The SMILES string of the molecule is CN1CC(c2ccco2)N(C)C(=O)C1=O. The van der Waals surface area contributed by atoms with Gasteiger partial charge in [0.1, 0.15) is 11.8 Å². The minimum Gasteiger partial charge on any atom is -0.467 e. The monoisotopic (exact) mass is 208 g/mol. The van der Waals surface area contributed by atoms with E-state index in [-0.39, 0.29) is 6.04 Å². The Kier molecular flexibility index (Phi) is 2.22. The van der Waals surface area contributed by atoms with Gasteiger partial charge in [-0.1, -0.05) is 0 Å². The van der Waals surface area contributed by atoms with Gasteiger partial charge in [0, 0.05) is 20.6 Å². The lowest BCUT2D eigenvalue weighted by Gasteiger charge is -2.35. The first-order valence-corrected chi connectivity index (χ1v) is 4.67. The summed E-state index contributed by atoms with van der Waals surface area (Å²) >= 11 is 0. The average molecular weight is 208 g/mol. The van der Waals surface area contributed by atoms with Crippen LogP contribution in [-0.4, -0.2) is 42.3 Å². The lowest BCUT2D eigenvalue weighted by molar-refractivity contribution is -0.157. The zero-order valence-electron chi connectivity index (χ0n) is 8.64. The zero-order chi connectivity index (χ0) is 11.0. The summed E-state index contributed by atoms with van der Waals surface area (Å²) in [4.78, 5) is 25.7. The van der Waals surface area contributed by atoms with Crippen LogP contribution in [0.15, 0.2) is 22.8 Å². The number of nitrogens with zero attached hydrogens (tertiary/aromatic N) is 2. The molecule has 0 aromatic carbocycles. The molecule has 1 aromatic rings. The van der Waals surface area contributed by atoms with Gasteiger partial charge >= 0.3 is 11.8 Å². The van der Waals surface area contributed by atoms with Crippen LogP contribution in [0.5, 0.6) is 0 Å². The Bertz CT molecular complexity index is 385. The minimum absolute atomic E-state index is 0.185. The minimum atomic E-state index is -0.495. The Labute approximate surface area is 87.3 Å². The van der Waals surface area contributed by atoms with Crippen LogP contribution >= 0.6 is 0 Å². The Morgan fingerprint density at radius 1 is 1.33 bits per heavy atom. The van der Waals surface area contributed by atoms with Crippen molar-refractivity contribution in [2.75, 3.05) is 20.6 Å². The molecular weight excluding hydrogens is 196 g/mol. The quantitative estimate of drug-likeness (QED) is 0.622. The first-order valence-electron chi connectivity index (χ1n) is 4.67. The van der Waals surface area contributed by atoms with Crippen molar-refractivity contribution < 1.29 is 14.0 Å². The predicted octanol–water partition coefficient (Wildman–Crippen LogP) is 0.251. The smallest absolute Gasteiger partial charge is 0.312 e. The van der Waals surface area contributed by atoms with Gasteiger partial charge in [-0.05, 0) is 12.1 Å². The van der Waals surface area contributed by atoms with Gasteiger partial charge in [0.25, 0.3) is 0 Å². The molecule has 1 aliphatic heterocycles. The van der Waals surface area contributed by atoms with Crippen LogP contribution in [-0.2, 0) is 9.59 Å². The van der Waals surface area contributed by atoms with Crippen molar-refractivity contribution in [1.82, 2.24) is 9.80 Å². The molecule has 0 spiro atoms. The molecule has 1 aliphatic rings. The predicted molar refractivity (Wildman–Crippen MR) is 51.9 cm³/mol. The van der Waals surface area contributed by atoms with Crippen molar-refractivity contribution >= 4 is 11.8 Å². The van der Waals surface area contributed by atoms with E-state index >= 15 is 0 Å². The van der Waals surface area contributed by atoms with E-state index < -0.39 is 11.8 Å². The Morgan fingerprint density at radius 2 is 2.07 bits per heavy atom. The van der Waals surface area contributed by atoms with E-state index in [9.17, 15) is 9.59 Å². The summed E-state index contributed by atoms with van der Waals surface area (Å²) in [5.41, 5.74) is 0. The third kappa shape index (κ3) is 1.49. The van der Waals surface area contributed by atoms with Gasteiger partial charge in [0.2, 0.25) is 0 Å². The largest absolute Gasteiger partial charge is 0.467 e. The van der Waals surface area contributed by atoms with Crippen molar-refractivity contribution in [2.24, 2.45) is 0 Å². The van der Waals surface area contributed by atoms with Crippen molar-refractivity contribution in [3.05, 3.63) is 24.2 Å². The van der Waals surface area contributed by atoms with Crippen LogP contribution in [0, 0.1) is 0 Å². The molecular formula is C10H12N2O3. The van der Waals surface area contributed by atoms with Crippen molar-refractivity contribution in [3.8, 4) is 0 Å². The number of likely N-dealkylation sites (N-methyl/N-ethyl adjacent to an activating group) is 2. The number of hydrogen-bond acceptors (Lipinski definition) is 3. The van der Waals surface area contributed by atoms with E-state index in [1.165, 1.54) is 9.80 Å². The standard InChI is InChI=1S/C10H12N2O3/c1-11-6-7(8-4-3-5-15-8)12(2)10(14)9(11)13/h3-5,7H,6H2,1-2H3. The summed E-state index contributed by atoms with van der Waals surface area (Å²) in [6, 6.07) is 3.39. The number of piperazine rings is 1. The number of hydrogen-bond donors (Lipinski definition) is 0. The highest BCUT2D eigenvalue weighted by Crippen LogP contribution is 2.24. The van der Waals surface area contributed by atoms with Crippen LogP contribution in [0.3, 0.4) is 0 Å². The maximum absolute atomic E-state index is 11.5. The average Bonchev–Trinajstić information content (AvgIpc) is 2.73. The summed E-state index contributed by atoms with van der Waals surface area (Å²) in [5, 5.41) is 0. The van der Waals surface area contributed by atoms with Crippen LogP contribution in [0.1, 0.15) is 11.8 Å². The molecule has 1 fully saturated rings. The second-order valence-corrected chi connectivity index (χ2v) is 3.63. The molecule has 5 nitrogen and oxygen atoms in total. The lowest BCUT2D eigenvalue weighted by atomic mass is 10.1. The Morgan fingerprint density at radius 3 is 2.67 bits per heavy atom. The van der Waals surface area contributed by atoms with E-state index in [0.29, 0.717) is 12.3 Å². The van der Waals surface area contributed by atoms with Crippen molar-refractivity contribution in [2.45, 2.75) is 6.04 Å². The molecule has 2 rings (SSSR count). The Hall–Kier alpha value is -1.78. The number of amides is 2. The van der Waals surface area contributed by atoms with Crippen LogP contribution in [0.2, 0.25) is 0 Å². The second-order valence-electron chi connectivity index (χ2n) is 3.63. The number of rotatable bonds is 1. The van der Waals surface area contributed by atoms with Crippen LogP contribution < -0.4 is 0 Å². The maximum atomic E-state index is 11.5. The molecule has 1 aromatic heterocycles. The maximum Gasteiger partial charge on any atom is 0.312 e. The fraction of sp³-hybridized carbons (Fsp3) is 0.400. The molecule has 0 bridgehead atoms. The van der Waals surface area contributed by atoms with Crippen LogP contribution in [0.4, 0.5) is 0 Å². The van der Waals surface area contributed by atoms with E-state index in [1.807, 2.05) is 0 Å². The van der Waals surface area contributed by atoms with E-state index in [1.54, 1.807) is 32.5 Å². The highest BCUT2D eigenvalue weighted by Gasteiger charge is 2.36. The van der Waals surface area contributed by atoms with Gasteiger partial charge < -0.3 is 14.2 Å². The molecule has 0 radical (unpaired) electrons. The van der Waals surface area contributed by atoms with Gasteiger partial charge in [-0.25, -0.2) is 0 Å². The van der Waals surface area contributed by atoms with E-state index in [0.717, 1.165) is 0 Å². The van der Waals surface area contributed by atoms with Crippen molar-refractivity contribution in [3.63, 3.8) is 0 Å². The third-order valence-electron chi connectivity index (χ3n) is 2.64. The van der Waals surface area contributed by atoms with Gasteiger partial charge in [0.15, 0.2) is 0 Å². The first-order chi connectivity index (χ1) is 7.11. The summed E-state index contributed by atoms with van der Waals surface area (Å²) < 4.78 is 5.24. The van der Waals surface area contributed by atoms with E-state index in [2.05, 4.69) is 0 Å². The second kappa shape index (κ2) is 3.42. The highest BCUT2D eigenvalue weighted by atomic mass is 16.3. The molecule has 80 valence electrons. The molecule has 5 heteroatoms. The highest BCUT2D eigenvalue weighted by molar-refractivity contribution is 6.35. The molecule has 15 heavy (non-hydrogen) atoms. The summed E-state index contributed by atoms with van der Waals surface area (Å²) in [5.74, 6) is -0.268. The molecule has 0 aliphatic carbocycles. The lowest BCUT2D eigenvalue weighted by Crippen LogP contribution is -2.52. The fourth-order valence-corrected chi connectivity index (χ4v) is 1.68. The van der Waals surface area contributed by atoms with Gasteiger partial charge in [0.05, 0.1) is 6.26 Å². The number of furan rings is 1.